The number of carbonyl (C=O) groups is 2. The van der Waals surface area contributed by atoms with E-state index in [1.54, 1.807) is 6.92 Å². The molecule has 0 heterocycles. The summed E-state index contributed by atoms with van der Waals surface area (Å²) >= 11 is 3.20. The molecule has 4 nitrogen and oxygen atoms in total. The van der Waals surface area contributed by atoms with Crippen LogP contribution in [0.1, 0.15) is 31.1 Å². The van der Waals surface area contributed by atoms with Gasteiger partial charge < -0.3 is 10.2 Å². The van der Waals surface area contributed by atoms with Crippen LogP contribution in [-0.2, 0) is 4.79 Å². The number of amides is 2. The molecular weight excluding hydrogens is 327 g/mol. The van der Waals surface area contributed by atoms with E-state index in [2.05, 4.69) is 21.2 Å². The number of nitrogens with zero attached hydrogens (tertiary/aromatic N) is 1. The van der Waals surface area contributed by atoms with Crippen molar-refractivity contribution in [3.63, 3.8) is 0 Å². The van der Waals surface area contributed by atoms with Gasteiger partial charge in [0.2, 0.25) is 5.91 Å². The minimum absolute atomic E-state index is 0.00101. The predicted octanol–water partition coefficient (Wildman–Crippen LogP) is 2.57. The Kier molecular flexibility index (Phi) is 6.13. The molecule has 0 aliphatic carbocycles. The molecule has 0 saturated carbocycles. The molecule has 6 heteroatoms. The van der Waals surface area contributed by atoms with E-state index in [-0.39, 0.29) is 24.1 Å². The highest BCUT2D eigenvalue weighted by Gasteiger charge is 2.20. The van der Waals surface area contributed by atoms with E-state index in [4.69, 9.17) is 0 Å². The van der Waals surface area contributed by atoms with Crippen LogP contribution in [0.4, 0.5) is 4.39 Å². The molecule has 1 rings (SSSR count). The normalized spacial score (nSPS) is 10.5. The molecule has 0 unspecified atom stereocenters. The van der Waals surface area contributed by atoms with Gasteiger partial charge >= 0.3 is 0 Å². The van der Waals surface area contributed by atoms with Crippen LogP contribution in [0.3, 0.4) is 0 Å². The lowest BCUT2D eigenvalue weighted by Crippen LogP contribution is -2.42. The zero-order valence-electron chi connectivity index (χ0n) is 11.7. The second-order valence-electron chi connectivity index (χ2n) is 4.67. The Hall–Kier alpha value is -1.43. The number of nitrogens with one attached hydrogen (secondary N) is 1. The summed E-state index contributed by atoms with van der Waals surface area (Å²) in [5, 5.41) is 2.70. The first-order chi connectivity index (χ1) is 9.35. The van der Waals surface area contributed by atoms with E-state index in [1.807, 2.05) is 13.8 Å². The van der Waals surface area contributed by atoms with Gasteiger partial charge in [0, 0.05) is 17.1 Å². The van der Waals surface area contributed by atoms with Gasteiger partial charge in [-0.2, -0.15) is 0 Å². The zero-order valence-corrected chi connectivity index (χ0v) is 13.3. The SMILES string of the molecule is CCN(CC(=O)NC(C)C)C(=O)c1cc(Br)ccc1F. The van der Waals surface area contributed by atoms with E-state index in [0.717, 1.165) is 0 Å². The molecule has 0 aliphatic rings. The first-order valence-corrected chi connectivity index (χ1v) is 7.18. The molecule has 0 fully saturated rings. The van der Waals surface area contributed by atoms with Gasteiger partial charge in [-0.25, -0.2) is 4.39 Å². The quantitative estimate of drug-likeness (QED) is 0.892. The van der Waals surface area contributed by atoms with Gasteiger partial charge in [-0.3, -0.25) is 9.59 Å². The fraction of sp³-hybridized carbons (Fsp3) is 0.429. The van der Waals surface area contributed by atoms with Crippen molar-refractivity contribution in [3.8, 4) is 0 Å². The standard InChI is InChI=1S/C14H18BrFN2O2/c1-4-18(8-13(19)17-9(2)3)14(20)11-7-10(15)5-6-12(11)16/h5-7,9H,4,8H2,1-3H3,(H,17,19). The van der Waals surface area contributed by atoms with Crippen LogP contribution in [0.25, 0.3) is 0 Å². The van der Waals surface area contributed by atoms with Crippen LogP contribution < -0.4 is 5.32 Å². The second-order valence-corrected chi connectivity index (χ2v) is 5.58. The second kappa shape index (κ2) is 7.38. The average molecular weight is 345 g/mol. The number of hydrogen-bond acceptors (Lipinski definition) is 2. The molecule has 1 aromatic rings. The van der Waals surface area contributed by atoms with Crippen LogP contribution in [0.15, 0.2) is 22.7 Å². The van der Waals surface area contributed by atoms with Crippen molar-refractivity contribution in [2.45, 2.75) is 26.8 Å². The summed E-state index contributed by atoms with van der Waals surface area (Å²) in [7, 11) is 0. The maximum Gasteiger partial charge on any atom is 0.257 e. The number of rotatable bonds is 5. The molecule has 0 radical (unpaired) electrons. The van der Waals surface area contributed by atoms with Crippen LogP contribution in [0, 0.1) is 5.82 Å². The van der Waals surface area contributed by atoms with Gasteiger partial charge in [-0.15, -0.1) is 0 Å². The Bertz CT molecular complexity index is 506. The van der Waals surface area contributed by atoms with Crippen molar-refractivity contribution >= 4 is 27.7 Å². The molecule has 0 spiro atoms. The Balaban J connectivity index is 2.86. The highest BCUT2D eigenvalue weighted by Crippen LogP contribution is 2.17. The van der Waals surface area contributed by atoms with Crippen molar-refractivity contribution < 1.29 is 14.0 Å². The molecule has 2 amide bonds. The third kappa shape index (κ3) is 4.59. The first kappa shape index (κ1) is 16.6. The fourth-order valence-corrected chi connectivity index (χ4v) is 2.06. The molecule has 0 aliphatic heterocycles. The first-order valence-electron chi connectivity index (χ1n) is 6.38. The van der Waals surface area contributed by atoms with E-state index < -0.39 is 11.7 Å². The monoisotopic (exact) mass is 344 g/mol. The topological polar surface area (TPSA) is 49.4 Å². The Morgan fingerprint density at radius 1 is 1.40 bits per heavy atom. The van der Waals surface area contributed by atoms with Crippen LogP contribution >= 0.6 is 15.9 Å². The van der Waals surface area contributed by atoms with Crippen molar-refractivity contribution in [1.82, 2.24) is 10.2 Å². The minimum atomic E-state index is -0.596. The van der Waals surface area contributed by atoms with Gasteiger partial charge in [0.1, 0.15) is 5.82 Å². The summed E-state index contributed by atoms with van der Waals surface area (Å²) in [6.07, 6.45) is 0. The van der Waals surface area contributed by atoms with E-state index in [1.165, 1.54) is 23.1 Å². The molecule has 110 valence electrons. The molecule has 0 bridgehead atoms. The lowest BCUT2D eigenvalue weighted by atomic mass is 10.2. The van der Waals surface area contributed by atoms with Gasteiger partial charge in [0.15, 0.2) is 0 Å². The lowest BCUT2D eigenvalue weighted by molar-refractivity contribution is -0.122. The van der Waals surface area contributed by atoms with E-state index in [9.17, 15) is 14.0 Å². The number of halogens is 2. The number of hydrogen-bond donors (Lipinski definition) is 1. The maximum atomic E-state index is 13.7. The van der Waals surface area contributed by atoms with Gasteiger partial charge in [0.25, 0.3) is 5.91 Å². The van der Waals surface area contributed by atoms with Gasteiger partial charge in [-0.1, -0.05) is 15.9 Å². The largest absolute Gasteiger partial charge is 0.352 e. The summed E-state index contributed by atoms with van der Waals surface area (Å²) < 4.78 is 14.3. The highest BCUT2D eigenvalue weighted by atomic mass is 79.9. The third-order valence-corrected chi connectivity index (χ3v) is 3.11. The maximum absolute atomic E-state index is 13.7. The van der Waals surface area contributed by atoms with Crippen LogP contribution in [-0.4, -0.2) is 35.8 Å². The van der Waals surface area contributed by atoms with Crippen LogP contribution in [0.2, 0.25) is 0 Å². The lowest BCUT2D eigenvalue weighted by Gasteiger charge is -2.21. The molecule has 0 aromatic heterocycles. The number of likely N-dealkylation sites (N-methyl/N-ethyl adjacent to an activating group) is 1. The Labute approximate surface area is 126 Å². The number of carbonyl (C=O) groups excluding carboxylic acids is 2. The summed E-state index contributed by atoms with van der Waals surface area (Å²) in [6, 6.07) is 4.16. The fourth-order valence-electron chi connectivity index (χ4n) is 1.70. The highest BCUT2D eigenvalue weighted by molar-refractivity contribution is 9.10. The van der Waals surface area contributed by atoms with E-state index >= 15 is 0 Å². The summed E-state index contributed by atoms with van der Waals surface area (Å²) in [5.41, 5.74) is -0.0430. The molecule has 0 saturated heterocycles. The molecule has 20 heavy (non-hydrogen) atoms. The minimum Gasteiger partial charge on any atom is -0.352 e. The van der Waals surface area contributed by atoms with Crippen molar-refractivity contribution in [3.05, 3.63) is 34.1 Å². The van der Waals surface area contributed by atoms with Gasteiger partial charge in [-0.05, 0) is 39.0 Å². The Morgan fingerprint density at radius 2 is 2.05 bits per heavy atom. The smallest absolute Gasteiger partial charge is 0.257 e. The Morgan fingerprint density at radius 3 is 2.60 bits per heavy atom. The van der Waals surface area contributed by atoms with Crippen molar-refractivity contribution in [2.75, 3.05) is 13.1 Å². The molecule has 1 aromatic carbocycles. The predicted molar refractivity (Wildman–Crippen MR) is 79.0 cm³/mol. The van der Waals surface area contributed by atoms with Crippen LogP contribution in [0.5, 0.6) is 0 Å². The number of benzene rings is 1. The summed E-state index contributed by atoms with van der Waals surface area (Å²) in [6.45, 7) is 5.67. The summed E-state index contributed by atoms with van der Waals surface area (Å²) in [5.74, 6) is -1.35. The summed E-state index contributed by atoms with van der Waals surface area (Å²) in [4.78, 5) is 25.3. The third-order valence-electron chi connectivity index (χ3n) is 2.61. The molecule has 1 N–H and O–H groups in total. The molecule has 0 atom stereocenters. The zero-order chi connectivity index (χ0) is 15.3. The van der Waals surface area contributed by atoms with Crippen molar-refractivity contribution in [2.24, 2.45) is 0 Å². The van der Waals surface area contributed by atoms with Crippen molar-refractivity contribution in [1.29, 1.82) is 0 Å². The average Bonchev–Trinajstić information content (AvgIpc) is 2.37. The van der Waals surface area contributed by atoms with Gasteiger partial charge in [0.05, 0.1) is 12.1 Å². The van der Waals surface area contributed by atoms with E-state index in [0.29, 0.717) is 11.0 Å². The molecular formula is C14H18BrFN2O2.